The maximum absolute atomic E-state index is 13.0. The fraction of sp³-hybridized carbons (Fsp3) is 0.0455. The van der Waals surface area contributed by atoms with Crippen LogP contribution in [-0.4, -0.2) is 27.7 Å². The summed E-state index contributed by atoms with van der Waals surface area (Å²) in [5, 5.41) is 5.75. The summed E-state index contributed by atoms with van der Waals surface area (Å²) >= 11 is 1.46. The van der Waals surface area contributed by atoms with Gasteiger partial charge in [0.25, 0.3) is 5.89 Å². The van der Waals surface area contributed by atoms with Crippen molar-refractivity contribution in [1.82, 2.24) is 10.1 Å². The van der Waals surface area contributed by atoms with Crippen LogP contribution in [0.25, 0.3) is 10.7 Å². The molecule has 2 heterocycles. The summed E-state index contributed by atoms with van der Waals surface area (Å²) in [5.74, 6) is -0.893. The van der Waals surface area contributed by atoms with Gasteiger partial charge in [-0.1, -0.05) is 47.6 Å². The highest BCUT2D eigenvalue weighted by Crippen LogP contribution is 2.30. The van der Waals surface area contributed by atoms with Crippen LogP contribution in [0.2, 0.25) is 0 Å². The first-order valence-corrected chi connectivity index (χ1v) is 9.86. The number of hydrogen-bond donors (Lipinski definition) is 0. The molecule has 7 nitrogen and oxygen atoms in total. The Bertz CT molecular complexity index is 1310. The van der Waals surface area contributed by atoms with E-state index in [-0.39, 0.29) is 46.3 Å². The van der Waals surface area contributed by atoms with E-state index in [0.29, 0.717) is 11.4 Å². The van der Waals surface area contributed by atoms with Crippen LogP contribution in [-0.2, 0) is 11.3 Å². The number of nitrogens with zero attached hydrogens (tertiary/aromatic N) is 2. The summed E-state index contributed by atoms with van der Waals surface area (Å²) < 4.78 is 10.4. The minimum Gasteiger partial charge on any atom is -0.452 e. The van der Waals surface area contributed by atoms with E-state index in [1.165, 1.54) is 23.5 Å². The molecule has 0 amide bonds. The summed E-state index contributed by atoms with van der Waals surface area (Å²) in [5.41, 5.74) is 0.862. The lowest BCUT2D eigenvalue weighted by atomic mass is 9.82. The predicted molar refractivity (Wildman–Crippen MR) is 106 cm³/mol. The zero-order valence-electron chi connectivity index (χ0n) is 15.3. The fourth-order valence-corrected chi connectivity index (χ4v) is 3.99. The summed E-state index contributed by atoms with van der Waals surface area (Å²) in [4.78, 5) is 43.5. The predicted octanol–water partition coefficient (Wildman–Crippen LogP) is 3.93. The number of ketones is 2. The van der Waals surface area contributed by atoms with Gasteiger partial charge < -0.3 is 9.26 Å². The van der Waals surface area contributed by atoms with E-state index in [2.05, 4.69) is 10.1 Å². The van der Waals surface area contributed by atoms with E-state index in [0.717, 1.165) is 4.88 Å². The van der Waals surface area contributed by atoms with Crippen LogP contribution in [0.3, 0.4) is 0 Å². The maximum Gasteiger partial charge on any atom is 0.339 e. The number of esters is 1. The number of thiophene rings is 1. The second kappa shape index (κ2) is 7.16. The van der Waals surface area contributed by atoms with Gasteiger partial charge in [-0.15, -0.1) is 11.3 Å². The monoisotopic (exact) mass is 416 g/mol. The van der Waals surface area contributed by atoms with Gasteiger partial charge in [-0.05, 0) is 17.5 Å². The number of fused-ring (bicyclic) bond motifs is 2. The number of hydrogen-bond acceptors (Lipinski definition) is 8. The Morgan fingerprint density at radius 3 is 2.47 bits per heavy atom. The van der Waals surface area contributed by atoms with E-state index in [1.54, 1.807) is 30.3 Å². The van der Waals surface area contributed by atoms with Gasteiger partial charge >= 0.3 is 5.97 Å². The number of rotatable bonds is 4. The molecule has 0 N–H and O–H groups in total. The van der Waals surface area contributed by atoms with Gasteiger partial charge in [-0.2, -0.15) is 4.98 Å². The Morgan fingerprint density at radius 1 is 0.933 bits per heavy atom. The molecule has 0 fully saturated rings. The third-order valence-corrected chi connectivity index (χ3v) is 5.57. The minimum atomic E-state index is -0.747. The topological polar surface area (TPSA) is 99.4 Å². The van der Waals surface area contributed by atoms with Crippen LogP contribution in [0.5, 0.6) is 0 Å². The highest BCUT2D eigenvalue weighted by atomic mass is 32.1. The number of ether oxygens (including phenoxy) is 1. The standard InChI is InChI=1S/C22H12N2O5S/c25-19-12-5-1-2-6-13(12)20(26)18-14(19)7-3-8-15(18)22(27)28-11-17-23-21(24-29-17)16-9-4-10-30-16/h1-10H,11H2. The van der Waals surface area contributed by atoms with Crippen molar-refractivity contribution in [3.63, 3.8) is 0 Å². The Balaban J connectivity index is 1.41. The van der Waals surface area contributed by atoms with Gasteiger partial charge in [0.05, 0.1) is 10.4 Å². The van der Waals surface area contributed by atoms with Crippen LogP contribution in [0.1, 0.15) is 48.1 Å². The van der Waals surface area contributed by atoms with Crippen molar-refractivity contribution in [3.05, 3.63) is 93.7 Å². The first-order valence-electron chi connectivity index (χ1n) is 8.98. The van der Waals surface area contributed by atoms with Crippen molar-refractivity contribution in [3.8, 4) is 10.7 Å². The SMILES string of the molecule is O=C(OCc1nc(-c2cccs2)no1)c1cccc2c1C(=O)c1ccccc1C2=O. The first-order chi connectivity index (χ1) is 14.6. The number of carbonyl (C=O) groups is 3. The fourth-order valence-electron chi connectivity index (χ4n) is 3.34. The van der Waals surface area contributed by atoms with Crippen LogP contribution in [0.4, 0.5) is 0 Å². The van der Waals surface area contributed by atoms with Gasteiger partial charge in [0.15, 0.2) is 18.2 Å². The van der Waals surface area contributed by atoms with E-state index >= 15 is 0 Å². The Labute approximate surface area is 173 Å². The highest BCUT2D eigenvalue weighted by Gasteiger charge is 2.33. The van der Waals surface area contributed by atoms with Crippen molar-refractivity contribution in [1.29, 1.82) is 0 Å². The third-order valence-electron chi connectivity index (χ3n) is 4.71. The maximum atomic E-state index is 13.0. The molecule has 0 unspecified atom stereocenters. The molecule has 0 radical (unpaired) electrons. The molecular formula is C22H12N2O5S. The molecule has 5 rings (SSSR count). The quantitative estimate of drug-likeness (QED) is 0.409. The molecule has 30 heavy (non-hydrogen) atoms. The number of benzene rings is 2. The van der Waals surface area contributed by atoms with E-state index in [4.69, 9.17) is 9.26 Å². The summed E-state index contributed by atoms with van der Waals surface area (Å²) in [6.07, 6.45) is 0. The zero-order chi connectivity index (χ0) is 20.7. The molecule has 2 aromatic carbocycles. The van der Waals surface area contributed by atoms with E-state index < -0.39 is 5.97 Å². The molecule has 0 saturated heterocycles. The first kappa shape index (κ1) is 18.1. The molecule has 0 aliphatic heterocycles. The average molecular weight is 416 g/mol. The number of aromatic nitrogens is 2. The molecule has 1 aliphatic rings. The van der Waals surface area contributed by atoms with Crippen LogP contribution >= 0.6 is 11.3 Å². The van der Waals surface area contributed by atoms with Crippen molar-refractivity contribution in [2.75, 3.05) is 0 Å². The van der Waals surface area contributed by atoms with E-state index in [9.17, 15) is 14.4 Å². The molecule has 0 atom stereocenters. The normalized spacial score (nSPS) is 12.4. The van der Waals surface area contributed by atoms with Crippen molar-refractivity contribution in [2.45, 2.75) is 6.61 Å². The van der Waals surface area contributed by atoms with Gasteiger partial charge in [0.2, 0.25) is 5.82 Å². The molecule has 4 aromatic rings. The minimum absolute atomic E-state index is 0.0262. The second-order valence-electron chi connectivity index (χ2n) is 6.50. The summed E-state index contributed by atoms with van der Waals surface area (Å²) in [6, 6.07) is 14.8. The molecular weight excluding hydrogens is 404 g/mol. The second-order valence-corrected chi connectivity index (χ2v) is 7.44. The van der Waals surface area contributed by atoms with Crippen LogP contribution < -0.4 is 0 Å². The van der Waals surface area contributed by atoms with Gasteiger partial charge in [0, 0.05) is 22.3 Å². The third kappa shape index (κ3) is 2.94. The van der Waals surface area contributed by atoms with Crippen molar-refractivity contribution in [2.24, 2.45) is 0 Å². The van der Waals surface area contributed by atoms with Gasteiger partial charge in [0.1, 0.15) is 0 Å². The Kier molecular flexibility index (Phi) is 4.33. The molecule has 1 aliphatic carbocycles. The smallest absolute Gasteiger partial charge is 0.339 e. The Morgan fingerprint density at radius 2 is 1.70 bits per heavy atom. The van der Waals surface area contributed by atoms with Crippen molar-refractivity contribution < 1.29 is 23.6 Å². The molecule has 8 heteroatoms. The van der Waals surface area contributed by atoms with Gasteiger partial charge in [-0.25, -0.2) is 4.79 Å². The lowest BCUT2D eigenvalue weighted by Gasteiger charge is -2.19. The van der Waals surface area contributed by atoms with Crippen molar-refractivity contribution >= 4 is 28.9 Å². The van der Waals surface area contributed by atoms with Crippen LogP contribution in [0.15, 0.2) is 64.5 Å². The molecule has 0 bridgehead atoms. The molecule has 0 saturated carbocycles. The lowest BCUT2D eigenvalue weighted by Crippen LogP contribution is -2.24. The number of carbonyl (C=O) groups excluding carboxylic acids is 3. The van der Waals surface area contributed by atoms with Crippen LogP contribution in [0, 0.1) is 0 Å². The molecule has 146 valence electrons. The summed E-state index contributed by atoms with van der Waals surface area (Å²) in [6.45, 7) is -0.250. The molecule has 0 spiro atoms. The Hall–Kier alpha value is -3.91. The average Bonchev–Trinajstić information content (AvgIpc) is 3.47. The summed E-state index contributed by atoms with van der Waals surface area (Å²) in [7, 11) is 0. The zero-order valence-corrected chi connectivity index (χ0v) is 16.1. The lowest BCUT2D eigenvalue weighted by molar-refractivity contribution is 0.0427. The highest BCUT2D eigenvalue weighted by molar-refractivity contribution is 7.13. The largest absolute Gasteiger partial charge is 0.452 e. The van der Waals surface area contributed by atoms with Gasteiger partial charge in [-0.3, -0.25) is 9.59 Å². The van der Waals surface area contributed by atoms with E-state index in [1.807, 2.05) is 17.5 Å². The molecule has 2 aromatic heterocycles.